The number of hydrogen-bond donors (Lipinski definition) is 1. The molecule has 1 N–H and O–H groups in total. The third-order valence-electron chi connectivity index (χ3n) is 3.85. The maximum atomic E-state index is 12.4. The number of hydrogen-bond acceptors (Lipinski definition) is 4. The maximum Gasteiger partial charge on any atom is 0.387 e. The van der Waals surface area contributed by atoms with Crippen molar-refractivity contribution in [3.8, 4) is 5.75 Å². The van der Waals surface area contributed by atoms with Crippen LogP contribution in [0.25, 0.3) is 21.0 Å². The SMILES string of the molecule is O=C(Nc1nc2c(ccc3ccccc32)s1)c1ccc(OC(F)F)cc1. The second-order valence-electron chi connectivity index (χ2n) is 5.51. The Bertz CT molecular complexity index is 1090. The van der Waals surface area contributed by atoms with E-state index in [1.54, 1.807) is 0 Å². The lowest BCUT2D eigenvalue weighted by atomic mass is 10.1. The number of benzene rings is 3. The highest BCUT2D eigenvalue weighted by molar-refractivity contribution is 7.22. The molecule has 4 rings (SSSR count). The standard InChI is InChI=1S/C19H12F2N2O2S/c20-18(21)25-13-8-5-12(6-9-13)17(24)23-19-22-16-14-4-2-1-3-11(14)7-10-15(16)26-19/h1-10,18H,(H,22,23,24). The van der Waals surface area contributed by atoms with Crippen LogP contribution in [0.1, 0.15) is 10.4 Å². The van der Waals surface area contributed by atoms with Gasteiger partial charge < -0.3 is 4.74 Å². The molecule has 4 nitrogen and oxygen atoms in total. The zero-order chi connectivity index (χ0) is 18.1. The zero-order valence-electron chi connectivity index (χ0n) is 13.3. The van der Waals surface area contributed by atoms with E-state index in [1.165, 1.54) is 35.6 Å². The maximum absolute atomic E-state index is 12.4. The van der Waals surface area contributed by atoms with Gasteiger partial charge >= 0.3 is 6.61 Å². The van der Waals surface area contributed by atoms with E-state index in [9.17, 15) is 13.6 Å². The molecule has 0 saturated heterocycles. The highest BCUT2D eigenvalue weighted by atomic mass is 32.1. The summed E-state index contributed by atoms with van der Waals surface area (Å²) >= 11 is 1.38. The lowest BCUT2D eigenvalue weighted by molar-refractivity contribution is -0.0498. The summed E-state index contributed by atoms with van der Waals surface area (Å²) in [7, 11) is 0. The van der Waals surface area contributed by atoms with Gasteiger partial charge in [-0.25, -0.2) is 4.98 Å². The Morgan fingerprint density at radius 2 is 1.81 bits per heavy atom. The number of nitrogens with zero attached hydrogens (tertiary/aromatic N) is 1. The smallest absolute Gasteiger partial charge is 0.387 e. The number of halogens is 2. The second kappa shape index (κ2) is 6.68. The molecular weight excluding hydrogens is 358 g/mol. The number of rotatable bonds is 4. The van der Waals surface area contributed by atoms with Gasteiger partial charge in [-0.3, -0.25) is 10.1 Å². The van der Waals surface area contributed by atoms with Crippen molar-refractivity contribution in [1.29, 1.82) is 0 Å². The number of amides is 1. The minimum absolute atomic E-state index is 0.00278. The monoisotopic (exact) mass is 370 g/mol. The van der Waals surface area contributed by atoms with Crippen LogP contribution in [-0.2, 0) is 0 Å². The van der Waals surface area contributed by atoms with Crippen molar-refractivity contribution >= 4 is 43.4 Å². The van der Waals surface area contributed by atoms with E-state index in [0.29, 0.717) is 10.7 Å². The Morgan fingerprint density at radius 3 is 2.58 bits per heavy atom. The molecule has 0 fully saturated rings. The number of thiazole rings is 1. The number of carbonyl (C=O) groups is 1. The predicted octanol–water partition coefficient (Wildman–Crippen LogP) is 5.30. The molecule has 0 unspecified atom stereocenters. The van der Waals surface area contributed by atoms with E-state index in [0.717, 1.165) is 21.0 Å². The predicted molar refractivity (Wildman–Crippen MR) is 98.2 cm³/mol. The van der Waals surface area contributed by atoms with Gasteiger partial charge in [0.25, 0.3) is 5.91 Å². The topological polar surface area (TPSA) is 51.2 Å². The van der Waals surface area contributed by atoms with Crippen molar-refractivity contribution in [1.82, 2.24) is 4.98 Å². The summed E-state index contributed by atoms with van der Waals surface area (Å²) in [5.41, 5.74) is 1.17. The van der Waals surface area contributed by atoms with Gasteiger partial charge in [0.1, 0.15) is 5.75 Å². The fraction of sp³-hybridized carbons (Fsp3) is 0.0526. The molecule has 7 heteroatoms. The van der Waals surface area contributed by atoms with Crippen LogP contribution < -0.4 is 10.1 Å². The van der Waals surface area contributed by atoms with E-state index in [-0.39, 0.29) is 11.7 Å². The van der Waals surface area contributed by atoms with Crippen LogP contribution in [0.5, 0.6) is 5.75 Å². The van der Waals surface area contributed by atoms with E-state index in [2.05, 4.69) is 15.0 Å². The van der Waals surface area contributed by atoms with Crippen LogP contribution in [0.3, 0.4) is 0 Å². The number of anilines is 1. The summed E-state index contributed by atoms with van der Waals surface area (Å²) in [6.07, 6.45) is 0. The first-order chi connectivity index (χ1) is 12.6. The summed E-state index contributed by atoms with van der Waals surface area (Å²) in [6.45, 7) is -2.90. The Balaban J connectivity index is 1.58. The number of alkyl halides is 2. The van der Waals surface area contributed by atoms with E-state index in [1.807, 2.05) is 36.4 Å². The summed E-state index contributed by atoms with van der Waals surface area (Å²) < 4.78 is 29.6. The Labute approximate surface area is 151 Å². The summed E-state index contributed by atoms with van der Waals surface area (Å²) in [5.74, 6) is -0.361. The molecule has 0 spiro atoms. The fourth-order valence-electron chi connectivity index (χ4n) is 2.67. The van der Waals surface area contributed by atoms with Crippen molar-refractivity contribution < 1.29 is 18.3 Å². The largest absolute Gasteiger partial charge is 0.435 e. The first kappa shape index (κ1) is 16.4. The minimum Gasteiger partial charge on any atom is -0.435 e. The highest BCUT2D eigenvalue weighted by Gasteiger charge is 2.12. The Morgan fingerprint density at radius 1 is 1.04 bits per heavy atom. The highest BCUT2D eigenvalue weighted by Crippen LogP contribution is 2.31. The van der Waals surface area contributed by atoms with Crippen LogP contribution in [0, 0.1) is 0 Å². The minimum atomic E-state index is -2.90. The molecule has 0 atom stereocenters. The van der Waals surface area contributed by atoms with Gasteiger partial charge in [0.15, 0.2) is 5.13 Å². The first-order valence-corrected chi connectivity index (χ1v) is 8.56. The molecule has 0 aliphatic heterocycles. The number of fused-ring (bicyclic) bond motifs is 3. The van der Waals surface area contributed by atoms with Crippen molar-refractivity contribution in [2.75, 3.05) is 5.32 Å². The van der Waals surface area contributed by atoms with Gasteiger partial charge in [-0.15, -0.1) is 0 Å². The summed E-state index contributed by atoms with van der Waals surface area (Å²) in [6, 6.07) is 17.4. The summed E-state index contributed by atoms with van der Waals surface area (Å²) in [5, 5.41) is 5.34. The van der Waals surface area contributed by atoms with Gasteiger partial charge in [0.2, 0.25) is 0 Å². The van der Waals surface area contributed by atoms with Crippen molar-refractivity contribution in [3.63, 3.8) is 0 Å². The first-order valence-electron chi connectivity index (χ1n) is 7.75. The molecule has 1 amide bonds. The quantitative estimate of drug-likeness (QED) is 0.530. The molecule has 0 aliphatic carbocycles. The molecule has 1 aromatic heterocycles. The van der Waals surface area contributed by atoms with Crippen LogP contribution in [0.2, 0.25) is 0 Å². The van der Waals surface area contributed by atoms with E-state index >= 15 is 0 Å². The molecule has 0 bridgehead atoms. The molecule has 130 valence electrons. The third-order valence-corrected chi connectivity index (χ3v) is 4.78. The van der Waals surface area contributed by atoms with Crippen molar-refractivity contribution in [3.05, 3.63) is 66.2 Å². The van der Waals surface area contributed by atoms with Crippen LogP contribution in [0.15, 0.2) is 60.7 Å². The fourth-order valence-corrected chi connectivity index (χ4v) is 3.55. The number of nitrogens with one attached hydrogen (secondary N) is 1. The number of ether oxygens (including phenoxy) is 1. The van der Waals surface area contributed by atoms with Crippen LogP contribution in [-0.4, -0.2) is 17.5 Å². The van der Waals surface area contributed by atoms with Crippen LogP contribution >= 0.6 is 11.3 Å². The average molecular weight is 370 g/mol. The lowest BCUT2D eigenvalue weighted by Crippen LogP contribution is -2.11. The second-order valence-corrected chi connectivity index (χ2v) is 6.54. The van der Waals surface area contributed by atoms with Crippen molar-refractivity contribution in [2.45, 2.75) is 6.61 Å². The lowest BCUT2D eigenvalue weighted by Gasteiger charge is -2.05. The third kappa shape index (κ3) is 3.21. The normalized spacial score (nSPS) is 11.2. The van der Waals surface area contributed by atoms with E-state index < -0.39 is 6.61 Å². The number of carbonyl (C=O) groups excluding carboxylic acids is 1. The van der Waals surface area contributed by atoms with Gasteiger partial charge in [-0.05, 0) is 35.7 Å². The van der Waals surface area contributed by atoms with Crippen molar-refractivity contribution in [2.24, 2.45) is 0 Å². The molecule has 3 aromatic carbocycles. The van der Waals surface area contributed by atoms with Gasteiger partial charge in [-0.1, -0.05) is 41.7 Å². The van der Waals surface area contributed by atoms with Gasteiger partial charge in [0, 0.05) is 10.9 Å². The van der Waals surface area contributed by atoms with Crippen LogP contribution in [0.4, 0.5) is 13.9 Å². The average Bonchev–Trinajstić information content (AvgIpc) is 3.04. The molecule has 1 heterocycles. The van der Waals surface area contributed by atoms with Gasteiger partial charge in [-0.2, -0.15) is 8.78 Å². The zero-order valence-corrected chi connectivity index (χ0v) is 14.1. The molecule has 0 aliphatic rings. The summed E-state index contributed by atoms with van der Waals surface area (Å²) in [4.78, 5) is 16.9. The Kier molecular flexibility index (Phi) is 4.22. The number of aromatic nitrogens is 1. The molecule has 4 aromatic rings. The van der Waals surface area contributed by atoms with Gasteiger partial charge in [0.05, 0.1) is 10.2 Å². The van der Waals surface area contributed by atoms with E-state index in [4.69, 9.17) is 0 Å². The Hall–Kier alpha value is -3.06. The molecule has 0 saturated carbocycles. The molecule has 26 heavy (non-hydrogen) atoms. The molecular formula is C19H12F2N2O2S. The molecule has 0 radical (unpaired) electrons.